The largest absolute Gasteiger partial charge is 0.490 e. The molecule has 0 saturated carbocycles. The van der Waals surface area contributed by atoms with E-state index in [4.69, 9.17) is 4.74 Å². The molecule has 16 heavy (non-hydrogen) atoms. The summed E-state index contributed by atoms with van der Waals surface area (Å²) in [7, 11) is 2.04. The molecule has 0 N–H and O–H groups in total. The van der Waals surface area contributed by atoms with Crippen molar-refractivity contribution in [3.05, 3.63) is 24.0 Å². The van der Waals surface area contributed by atoms with Crippen LogP contribution in [0.25, 0.3) is 0 Å². The van der Waals surface area contributed by atoms with Crippen LogP contribution >= 0.6 is 0 Å². The highest BCUT2D eigenvalue weighted by Gasteiger charge is 2.24. The number of pyridine rings is 1. The molecule has 0 amide bonds. The lowest BCUT2D eigenvalue weighted by atomic mass is 10.1. The number of hydrogen-bond donors (Lipinski definition) is 0. The monoisotopic (exact) mass is 228 g/mol. The summed E-state index contributed by atoms with van der Waals surface area (Å²) >= 11 is 0. The van der Waals surface area contributed by atoms with E-state index in [2.05, 4.69) is 9.88 Å². The normalized spacial score (nSPS) is 20.9. The maximum Gasteiger partial charge on any atom is 0.280 e. The van der Waals surface area contributed by atoms with Gasteiger partial charge in [-0.15, -0.1) is 0 Å². The number of halogens is 2. The van der Waals surface area contributed by atoms with Gasteiger partial charge >= 0.3 is 0 Å². The third kappa shape index (κ3) is 2.47. The van der Waals surface area contributed by atoms with Crippen molar-refractivity contribution in [3.63, 3.8) is 0 Å². The Balaban J connectivity index is 1.85. The van der Waals surface area contributed by atoms with Gasteiger partial charge in [0.25, 0.3) is 6.43 Å². The third-order valence-corrected chi connectivity index (χ3v) is 2.86. The van der Waals surface area contributed by atoms with Crippen molar-refractivity contribution >= 4 is 0 Å². The minimum absolute atomic E-state index is 0.215. The standard InChI is InChI=1S/C11H14F2N2O/c1-15-5-4-8(15)7-16-9-2-3-10(11(12)13)14-6-9/h2-3,6,8,11H,4-5,7H2,1H3/t8-/m1/s1. The van der Waals surface area contributed by atoms with Gasteiger partial charge in [0.05, 0.1) is 6.20 Å². The molecule has 0 spiro atoms. The van der Waals surface area contributed by atoms with Crippen molar-refractivity contribution in [1.82, 2.24) is 9.88 Å². The van der Waals surface area contributed by atoms with Gasteiger partial charge in [-0.3, -0.25) is 9.88 Å². The summed E-state index contributed by atoms with van der Waals surface area (Å²) in [5.41, 5.74) is -0.215. The van der Waals surface area contributed by atoms with Crippen molar-refractivity contribution < 1.29 is 13.5 Å². The van der Waals surface area contributed by atoms with E-state index in [1.807, 2.05) is 7.05 Å². The topological polar surface area (TPSA) is 25.4 Å². The molecule has 2 heterocycles. The van der Waals surface area contributed by atoms with E-state index >= 15 is 0 Å². The van der Waals surface area contributed by atoms with Gasteiger partial charge in [-0.25, -0.2) is 8.78 Å². The minimum atomic E-state index is -2.52. The van der Waals surface area contributed by atoms with Crippen LogP contribution < -0.4 is 4.74 Å². The van der Waals surface area contributed by atoms with E-state index in [9.17, 15) is 8.78 Å². The van der Waals surface area contributed by atoms with E-state index in [1.54, 1.807) is 0 Å². The number of hydrogen-bond acceptors (Lipinski definition) is 3. The third-order valence-electron chi connectivity index (χ3n) is 2.86. The SMILES string of the molecule is CN1CC[C@@H]1COc1ccc(C(F)F)nc1. The maximum absolute atomic E-state index is 12.2. The molecule has 0 bridgehead atoms. The Hall–Kier alpha value is -1.23. The van der Waals surface area contributed by atoms with Crippen molar-refractivity contribution in [2.24, 2.45) is 0 Å². The molecule has 0 unspecified atom stereocenters. The van der Waals surface area contributed by atoms with Gasteiger partial charge in [0, 0.05) is 6.04 Å². The molecule has 1 atom stereocenters. The molecule has 0 aliphatic carbocycles. The first-order valence-electron chi connectivity index (χ1n) is 5.24. The van der Waals surface area contributed by atoms with Crippen molar-refractivity contribution in [2.45, 2.75) is 18.9 Å². The van der Waals surface area contributed by atoms with Gasteiger partial charge < -0.3 is 4.74 Å². The Morgan fingerprint density at radius 3 is 2.81 bits per heavy atom. The van der Waals surface area contributed by atoms with Gasteiger partial charge in [0.15, 0.2) is 0 Å². The summed E-state index contributed by atoms with van der Waals surface area (Å²) < 4.78 is 29.9. The molecule has 0 radical (unpaired) electrons. The number of likely N-dealkylation sites (tertiary alicyclic amines) is 1. The summed E-state index contributed by atoms with van der Waals surface area (Å²) in [5.74, 6) is 0.546. The zero-order chi connectivity index (χ0) is 11.5. The van der Waals surface area contributed by atoms with Gasteiger partial charge in [-0.2, -0.15) is 0 Å². The Kier molecular flexibility index (Phi) is 3.33. The molecule has 1 aliphatic heterocycles. The zero-order valence-electron chi connectivity index (χ0n) is 9.07. The van der Waals surface area contributed by atoms with Crippen LogP contribution in [0.2, 0.25) is 0 Å². The van der Waals surface area contributed by atoms with E-state index in [0.717, 1.165) is 13.0 Å². The molecule has 1 aromatic rings. The molecule has 1 aromatic heterocycles. The van der Waals surface area contributed by atoms with Crippen LogP contribution in [0, 0.1) is 0 Å². The lowest BCUT2D eigenvalue weighted by Crippen LogP contribution is -2.48. The van der Waals surface area contributed by atoms with Crippen molar-refractivity contribution in [3.8, 4) is 5.75 Å². The predicted molar refractivity (Wildman–Crippen MR) is 55.7 cm³/mol. The van der Waals surface area contributed by atoms with Crippen LogP contribution in [0.5, 0.6) is 5.75 Å². The fraction of sp³-hybridized carbons (Fsp3) is 0.545. The Morgan fingerprint density at radius 1 is 1.56 bits per heavy atom. The second kappa shape index (κ2) is 4.74. The summed E-state index contributed by atoms with van der Waals surface area (Å²) in [6.45, 7) is 1.68. The van der Waals surface area contributed by atoms with E-state index in [1.165, 1.54) is 18.3 Å². The quantitative estimate of drug-likeness (QED) is 0.789. The van der Waals surface area contributed by atoms with Gasteiger partial charge in [-0.05, 0) is 32.1 Å². The fourth-order valence-electron chi connectivity index (χ4n) is 1.58. The van der Waals surface area contributed by atoms with E-state index in [-0.39, 0.29) is 5.69 Å². The molecule has 0 aromatic carbocycles. The minimum Gasteiger partial charge on any atom is -0.490 e. The molecule has 1 aliphatic rings. The molecule has 5 heteroatoms. The molecule has 1 fully saturated rings. The number of nitrogens with zero attached hydrogens (tertiary/aromatic N) is 2. The van der Waals surface area contributed by atoms with Crippen LogP contribution in [-0.4, -0.2) is 36.1 Å². The zero-order valence-corrected chi connectivity index (χ0v) is 9.07. The van der Waals surface area contributed by atoms with Gasteiger partial charge in [0.1, 0.15) is 18.1 Å². The second-order valence-electron chi connectivity index (χ2n) is 3.95. The summed E-state index contributed by atoms with van der Waals surface area (Å²) in [6.07, 6.45) is -0.0500. The average molecular weight is 228 g/mol. The lowest BCUT2D eigenvalue weighted by molar-refractivity contribution is 0.0766. The summed E-state index contributed by atoms with van der Waals surface area (Å²) in [4.78, 5) is 5.83. The van der Waals surface area contributed by atoms with Crippen molar-refractivity contribution in [1.29, 1.82) is 0 Å². The smallest absolute Gasteiger partial charge is 0.280 e. The average Bonchev–Trinajstić information content (AvgIpc) is 2.28. The van der Waals surface area contributed by atoms with Crippen molar-refractivity contribution in [2.75, 3.05) is 20.2 Å². The molecule has 3 nitrogen and oxygen atoms in total. The maximum atomic E-state index is 12.2. The number of rotatable bonds is 4. The predicted octanol–water partition coefficient (Wildman–Crippen LogP) is 2.10. The molecular weight excluding hydrogens is 214 g/mol. The summed E-state index contributed by atoms with van der Waals surface area (Å²) in [6, 6.07) is 3.27. The van der Waals surface area contributed by atoms with E-state index < -0.39 is 6.43 Å². The van der Waals surface area contributed by atoms with Crippen LogP contribution in [0.15, 0.2) is 18.3 Å². The molecule has 1 saturated heterocycles. The Morgan fingerprint density at radius 2 is 2.38 bits per heavy atom. The fourth-order valence-corrected chi connectivity index (χ4v) is 1.58. The first-order chi connectivity index (χ1) is 7.66. The van der Waals surface area contributed by atoms with Crippen LogP contribution in [0.4, 0.5) is 8.78 Å². The van der Waals surface area contributed by atoms with Crippen LogP contribution in [0.1, 0.15) is 18.5 Å². The first kappa shape index (κ1) is 11.3. The highest BCUT2D eigenvalue weighted by atomic mass is 19.3. The highest BCUT2D eigenvalue weighted by molar-refractivity contribution is 5.20. The lowest BCUT2D eigenvalue weighted by Gasteiger charge is -2.37. The van der Waals surface area contributed by atoms with Crippen LogP contribution in [-0.2, 0) is 0 Å². The van der Waals surface area contributed by atoms with Crippen LogP contribution in [0.3, 0.4) is 0 Å². The summed E-state index contributed by atoms with van der Waals surface area (Å²) in [5, 5.41) is 0. The molecule has 2 rings (SSSR count). The van der Waals surface area contributed by atoms with E-state index in [0.29, 0.717) is 18.4 Å². The highest BCUT2D eigenvalue weighted by Crippen LogP contribution is 2.20. The molecular formula is C11H14F2N2O. The molecule has 88 valence electrons. The Labute approximate surface area is 93.0 Å². The number of ether oxygens (including phenoxy) is 1. The van der Waals surface area contributed by atoms with Gasteiger partial charge in [-0.1, -0.05) is 0 Å². The Bertz CT molecular complexity index is 342. The number of aromatic nitrogens is 1. The number of likely N-dealkylation sites (N-methyl/N-ethyl adjacent to an activating group) is 1. The first-order valence-corrected chi connectivity index (χ1v) is 5.24. The number of alkyl halides is 2. The second-order valence-corrected chi connectivity index (χ2v) is 3.95. The van der Waals surface area contributed by atoms with Gasteiger partial charge in [0.2, 0.25) is 0 Å².